The van der Waals surface area contributed by atoms with Crippen LogP contribution in [0.3, 0.4) is 0 Å². The Hall–Kier alpha value is -1.13. The fourth-order valence-electron chi connectivity index (χ4n) is 1.86. The molecule has 0 aliphatic carbocycles. The number of hydrogen-bond donors (Lipinski definition) is 1. The standard InChI is InChI=1S/C14H18BrN3/c1-3-8-16-9-12-10-17-18(11(12)2)14-6-4-13(15)5-7-14/h4-7,10,16H,3,8-9H2,1-2H3. The van der Waals surface area contributed by atoms with E-state index >= 15 is 0 Å². The Morgan fingerprint density at radius 3 is 2.67 bits per heavy atom. The molecule has 0 amide bonds. The van der Waals surface area contributed by atoms with E-state index in [0.29, 0.717) is 0 Å². The molecule has 4 heteroatoms. The van der Waals surface area contributed by atoms with Crippen LogP contribution in [-0.2, 0) is 6.54 Å². The highest BCUT2D eigenvalue weighted by Crippen LogP contribution is 2.17. The zero-order valence-corrected chi connectivity index (χ0v) is 12.4. The third kappa shape index (κ3) is 3.00. The van der Waals surface area contributed by atoms with Crippen LogP contribution in [0.5, 0.6) is 0 Å². The normalized spacial score (nSPS) is 10.8. The monoisotopic (exact) mass is 307 g/mol. The van der Waals surface area contributed by atoms with E-state index < -0.39 is 0 Å². The molecule has 1 N–H and O–H groups in total. The maximum absolute atomic E-state index is 4.46. The summed E-state index contributed by atoms with van der Waals surface area (Å²) in [7, 11) is 0. The molecule has 0 aliphatic heterocycles. The van der Waals surface area contributed by atoms with Crippen LogP contribution in [-0.4, -0.2) is 16.3 Å². The SMILES string of the molecule is CCCNCc1cnn(-c2ccc(Br)cc2)c1C. The van der Waals surface area contributed by atoms with Gasteiger partial charge in [-0.25, -0.2) is 4.68 Å². The number of aromatic nitrogens is 2. The van der Waals surface area contributed by atoms with Gasteiger partial charge >= 0.3 is 0 Å². The van der Waals surface area contributed by atoms with E-state index in [4.69, 9.17) is 0 Å². The first kappa shape index (κ1) is 13.3. The van der Waals surface area contributed by atoms with Crippen LogP contribution in [0, 0.1) is 6.92 Å². The lowest BCUT2D eigenvalue weighted by Gasteiger charge is -2.06. The van der Waals surface area contributed by atoms with E-state index in [9.17, 15) is 0 Å². The molecule has 1 aromatic carbocycles. The van der Waals surface area contributed by atoms with Crippen molar-refractivity contribution < 1.29 is 0 Å². The van der Waals surface area contributed by atoms with E-state index in [1.165, 1.54) is 11.3 Å². The highest BCUT2D eigenvalue weighted by molar-refractivity contribution is 9.10. The average Bonchev–Trinajstić information content (AvgIpc) is 2.73. The van der Waals surface area contributed by atoms with Crippen LogP contribution in [0.25, 0.3) is 5.69 Å². The van der Waals surface area contributed by atoms with Crippen molar-refractivity contribution in [2.75, 3.05) is 6.54 Å². The van der Waals surface area contributed by atoms with Gasteiger partial charge in [-0.05, 0) is 44.2 Å². The van der Waals surface area contributed by atoms with Gasteiger partial charge in [-0.2, -0.15) is 5.10 Å². The average molecular weight is 308 g/mol. The van der Waals surface area contributed by atoms with E-state index in [2.05, 4.69) is 52.3 Å². The smallest absolute Gasteiger partial charge is 0.0649 e. The number of benzene rings is 1. The van der Waals surface area contributed by atoms with Gasteiger partial charge in [0.15, 0.2) is 0 Å². The first-order valence-corrected chi connectivity index (χ1v) is 7.02. The predicted molar refractivity (Wildman–Crippen MR) is 78.0 cm³/mol. The minimum absolute atomic E-state index is 0.885. The maximum atomic E-state index is 4.46. The number of nitrogens with zero attached hydrogens (tertiary/aromatic N) is 2. The topological polar surface area (TPSA) is 29.9 Å². The van der Waals surface area contributed by atoms with Crippen molar-refractivity contribution in [3.8, 4) is 5.69 Å². The summed E-state index contributed by atoms with van der Waals surface area (Å²) < 4.78 is 3.07. The summed E-state index contributed by atoms with van der Waals surface area (Å²) in [5.74, 6) is 0. The van der Waals surface area contributed by atoms with Crippen LogP contribution in [0.4, 0.5) is 0 Å². The van der Waals surface area contributed by atoms with Gasteiger partial charge in [0.25, 0.3) is 0 Å². The Morgan fingerprint density at radius 1 is 1.28 bits per heavy atom. The van der Waals surface area contributed by atoms with Crippen molar-refractivity contribution in [3.63, 3.8) is 0 Å². The summed E-state index contributed by atoms with van der Waals surface area (Å²) in [6.45, 7) is 6.21. The van der Waals surface area contributed by atoms with E-state index in [-0.39, 0.29) is 0 Å². The van der Waals surface area contributed by atoms with Gasteiger partial charge in [0.2, 0.25) is 0 Å². The maximum Gasteiger partial charge on any atom is 0.0649 e. The van der Waals surface area contributed by atoms with Crippen molar-refractivity contribution in [1.82, 2.24) is 15.1 Å². The number of hydrogen-bond acceptors (Lipinski definition) is 2. The fraction of sp³-hybridized carbons (Fsp3) is 0.357. The Balaban J connectivity index is 2.17. The molecule has 0 fully saturated rings. The summed E-state index contributed by atoms with van der Waals surface area (Å²) in [4.78, 5) is 0. The molecular weight excluding hydrogens is 290 g/mol. The molecule has 96 valence electrons. The molecule has 2 aromatic rings. The zero-order valence-electron chi connectivity index (χ0n) is 10.8. The van der Waals surface area contributed by atoms with Crippen molar-refractivity contribution in [3.05, 3.63) is 46.2 Å². The minimum atomic E-state index is 0.885. The van der Waals surface area contributed by atoms with Crippen LogP contribution in [0.2, 0.25) is 0 Å². The summed E-state index contributed by atoms with van der Waals surface area (Å²) in [5.41, 5.74) is 3.55. The molecule has 1 aromatic heterocycles. The first-order valence-electron chi connectivity index (χ1n) is 6.22. The number of halogens is 1. The Bertz CT molecular complexity index is 502. The predicted octanol–water partition coefficient (Wildman–Crippen LogP) is 3.44. The molecule has 0 atom stereocenters. The summed E-state index contributed by atoms with van der Waals surface area (Å²) in [5, 5.41) is 7.86. The molecule has 1 heterocycles. The van der Waals surface area contributed by atoms with Crippen LogP contribution >= 0.6 is 15.9 Å². The quantitative estimate of drug-likeness (QED) is 0.858. The molecule has 3 nitrogen and oxygen atoms in total. The molecule has 0 radical (unpaired) electrons. The second-order valence-electron chi connectivity index (χ2n) is 4.32. The Labute approximate surface area is 116 Å². The van der Waals surface area contributed by atoms with Gasteiger partial charge in [-0.15, -0.1) is 0 Å². The van der Waals surface area contributed by atoms with Crippen molar-refractivity contribution in [1.29, 1.82) is 0 Å². The lowest BCUT2D eigenvalue weighted by Crippen LogP contribution is -2.14. The fourth-order valence-corrected chi connectivity index (χ4v) is 2.12. The molecule has 0 saturated heterocycles. The van der Waals surface area contributed by atoms with Crippen molar-refractivity contribution >= 4 is 15.9 Å². The highest BCUT2D eigenvalue weighted by Gasteiger charge is 2.07. The van der Waals surface area contributed by atoms with E-state index in [1.54, 1.807) is 0 Å². The van der Waals surface area contributed by atoms with Crippen molar-refractivity contribution in [2.24, 2.45) is 0 Å². The summed E-state index contributed by atoms with van der Waals surface area (Å²) in [6.07, 6.45) is 3.10. The van der Waals surface area contributed by atoms with Crippen LogP contribution in [0.1, 0.15) is 24.6 Å². The van der Waals surface area contributed by atoms with Crippen LogP contribution < -0.4 is 5.32 Å². The van der Waals surface area contributed by atoms with E-state index in [1.807, 2.05) is 23.0 Å². The molecule has 2 rings (SSSR count). The number of nitrogens with one attached hydrogen (secondary N) is 1. The molecule has 18 heavy (non-hydrogen) atoms. The van der Waals surface area contributed by atoms with E-state index in [0.717, 1.165) is 29.7 Å². The lowest BCUT2D eigenvalue weighted by atomic mass is 10.2. The third-order valence-corrected chi connectivity index (χ3v) is 3.45. The van der Waals surface area contributed by atoms with Crippen LogP contribution in [0.15, 0.2) is 34.9 Å². The van der Waals surface area contributed by atoms with Gasteiger partial charge in [0, 0.05) is 22.3 Å². The second kappa shape index (κ2) is 6.16. The molecular formula is C14H18BrN3. The lowest BCUT2D eigenvalue weighted by molar-refractivity contribution is 0.672. The molecule has 0 unspecified atom stereocenters. The van der Waals surface area contributed by atoms with Gasteiger partial charge < -0.3 is 5.32 Å². The minimum Gasteiger partial charge on any atom is -0.313 e. The highest BCUT2D eigenvalue weighted by atomic mass is 79.9. The van der Waals surface area contributed by atoms with Gasteiger partial charge in [0.1, 0.15) is 0 Å². The second-order valence-corrected chi connectivity index (χ2v) is 5.24. The summed E-state index contributed by atoms with van der Waals surface area (Å²) >= 11 is 3.44. The third-order valence-electron chi connectivity index (χ3n) is 2.92. The summed E-state index contributed by atoms with van der Waals surface area (Å²) in [6, 6.07) is 8.19. The molecule has 0 saturated carbocycles. The Kier molecular flexibility index (Phi) is 4.55. The first-order chi connectivity index (χ1) is 8.72. The van der Waals surface area contributed by atoms with Gasteiger partial charge in [0.05, 0.1) is 11.9 Å². The number of rotatable bonds is 5. The van der Waals surface area contributed by atoms with Crippen molar-refractivity contribution in [2.45, 2.75) is 26.8 Å². The largest absolute Gasteiger partial charge is 0.313 e. The molecule has 0 spiro atoms. The molecule has 0 aliphatic rings. The Morgan fingerprint density at radius 2 is 2.00 bits per heavy atom. The van der Waals surface area contributed by atoms with Gasteiger partial charge in [-0.1, -0.05) is 22.9 Å². The zero-order chi connectivity index (χ0) is 13.0. The molecule has 0 bridgehead atoms. The van der Waals surface area contributed by atoms with Gasteiger partial charge in [-0.3, -0.25) is 0 Å².